The van der Waals surface area contributed by atoms with Crippen LogP contribution in [0.3, 0.4) is 0 Å². The monoisotopic (exact) mass is 405 g/mol. The minimum absolute atomic E-state index is 0.0598. The molecule has 124 valence electrons. The summed E-state index contributed by atoms with van der Waals surface area (Å²) in [6.45, 7) is 3.93. The number of halogens is 1. The van der Waals surface area contributed by atoms with Crippen LogP contribution in [0.15, 0.2) is 44.4 Å². The van der Waals surface area contributed by atoms with Gasteiger partial charge in [-0.2, -0.15) is 0 Å². The van der Waals surface area contributed by atoms with E-state index in [0.717, 1.165) is 27.0 Å². The maximum atomic E-state index is 12.4. The molecule has 0 saturated heterocycles. The van der Waals surface area contributed by atoms with Gasteiger partial charge >= 0.3 is 0 Å². The van der Waals surface area contributed by atoms with Gasteiger partial charge in [0.2, 0.25) is 5.89 Å². The zero-order valence-corrected chi connectivity index (χ0v) is 15.9. The van der Waals surface area contributed by atoms with Crippen molar-refractivity contribution in [3.05, 3.63) is 51.8 Å². The third kappa shape index (κ3) is 3.47. The summed E-state index contributed by atoms with van der Waals surface area (Å²) in [6, 6.07) is 9.53. The second-order valence-corrected chi connectivity index (χ2v) is 7.28. The largest absolute Gasteiger partial charge is 0.411 e. The van der Waals surface area contributed by atoms with E-state index in [1.165, 1.54) is 11.8 Å². The van der Waals surface area contributed by atoms with Crippen LogP contribution in [-0.2, 0) is 7.05 Å². The Morgan fingerprint density at radius 1 is 1.25 bits per heavy atom. The topological polar surface area (TPSA) is 60.9 Å². The third-order valence-corrected chi connectivity index (χ3v) is 5.25. The lowest BCUT2D eigenvalue weighted by molar-refractivity contribution is 0.102. The fourth-order valence-corrected chi connectivity index (χ4v) is 3.23. The lowest BCUT2D eigenvalue weighted by atomic mass is 10.2. The number of carbonyl (C=O) groups excluding carboxylic acids is 1. The zero-order chi connectivity index (χ0) is 17.3. The van der Waals surface area contributed by atoms with Gasteiger partial charge in [-0.15, -0.1) is 10.2 Å². The van der Waals surface area contributed by atoms with Crippen LogP contribution in [-0.4, -0.2) is 26.3 Å². The van der Waals surface area contributed by atoms with Gasteiger partial charge in [-0.1, -0.05) is 27.7 Å². The van der Waals surface area contributed by atoms with E-state index in [1.807, 2.05) is 55.8 Å². The van der Waals surface area contributed by atoms with Gasteiger partial charge in [0.15, 0.2) is 5.78 Å². The molecule has 0 spiro atoms. The Hall–Kier alpha value is -1.86. The summed E-state index contributed by atoms with van der Waals surface area (Å²) in [7, 11) is 1.96. The molecule has 24 heavy (non-hydrogen) atoms. The molecule has 0 aliphatic rings. The van der Waals surface area contributed by atoms with Crippen molar-refractivity contribution in [2.24, 2.45) is 7.05 Å². The number of Topliss-reactive ketones (excluding diaryl/α,β-unsaturated/α-hetero) is 1. The van der Waals surface area contributed by atoms with Crippen LogP contribution in [0.1, 0.15) is 21.7 Å². The van der Waals surface area contributed by atoms with Gasteiger partial charge in [0, 0.05) is 34.0 Å². The molecule has 0 aliphatic heterocycles. The van der Waals surface area contributed by atoms with Crippen molar-refractivity contribution >= 4 is 33.5 Å². The normalized spacial score (nSPS) is 11.0. The van der Waals surface area contributed by atoms with Gasteiger partial charge < -0.3 is 8.98 Å². The summed E-state index contributed by atoms with van der Waals surface area (Å²) in [4.78, 5) is 12.4. The van der Waals surface area contributed by atoms with Crippen molar-refractivity contribution in [1.82, 2.24) is 14.8 Å². The summed E-state index contributed by atoms with van der Waals surface area (Å²) >= 11 is 4.65. The predicted octanol–water partition coefficient (Wildman–Crippen LogP) is 4.43. The SMILES string of the molecule is Cc1cc(C(=O)CSc2nnc(-c3ccc(Br)cc3)o2)c(C)n1C. The lowest BCUT2D eigenvalue weighted by Gasteiger charge is -2.01. The van der Waals surface area contributed by atoms with E-state index < -0.39 is 0 Å². The Balaban J connectivity index is 1.68. The Bertz CT molecular complexity index is 884. The van der Waals surface area contributed by atoms with Gasteiger partial charge in [0.1, 0.15) is 0 Å². The fraction of sp³-hybridized carbons (Fsp3) is 0.235. The zero-order valence-electron chi connectivity index (χ0n) is 13.5. The smallest absolute Gasteiger partial charge is 0.277 e. The van der Waals surface area contributed by atoms with Crippen molar-refractivity contribution in [2.75, 3.05) is 5.75 Å². The first-order valence-corrected chi connectivity index (χ1v) is 9.12. The molecule has 2 aromatic heterocycles. The maximum absolute atomic E-state index is 12.4. The lowest BCUT2D eigenvalue weighted by Crippen LogP contribution is -2.04. The van der Waals surface area contributed by atoms with E-state index in [2.05, 4.69) is 26.1 Å². The van der Waals surface area contributed by atoms with Gasteiger partial charge in [0.05, 0.1) is 5.75 Å². The molecule has 0 radical (unpaired) electrons. The van der Waals surface area contributed by atoms with Crippen molar-refractivity contribution in [3.63, 3.8) is 0 Å². The molecule has 0 bridgehead atoms. The number of hydrogen-bond acceptors (Lipinski definition) is 5. The van der Waals surface area contributed by atoms with Crippen molar-refractivity contribution in [2.45, 2.75) is 19.1 Å². The highest BCUT2D eigenvalue weighted by Crippen LogP contribution is 2.25. The van der Waals surface area contributed by atoms with Crippen LogP contribution in [0.5, 0.6) is 0 Å². The standard InChI is InChI=1S/C17H16BrN3O2S/c1-10-8-14(11(2)21(10)3)15(22)9-24-17-20-19-16(23-17)12-4-6-13(18)7-5-12/h4-8H,9H2,1-3H3. The number of carbonyl (C=O) groups is 1. The molecule has 0 fully saturated rings. The average Bonchev–Trinajstić information content (AvgIpc) is 3.14. The summed E-state index contributed by atoms with van der Waals surface area (Å²) in [5, 5.41) is 8.43. The molecule has 3 aromatic rings. The van der Waals surface area contributed by atoms with Gasteiger partial charge in [-0.05, 0) is 44.2 Å². The second kappa shape index (κ2) is 6.94. The number of thioether (sulfide) groups is 1. The molecular weight excluding hydrogens is 390 g/mol. The summed E-state index contributed by atoms with van der Waals surface area (Å²) in [6.07, 6.45) is 0. The van der Waals surface area contributed by atoms with Gasteiger partial charge in [-0.3, -0.25) is 4.79 Å². The van der Waals surface area contributed by atoms with E-state index in [1.54, 1.807) is 0 Å². The fourth-order valence-electron chi connectivity index (χ4n) is 2.32. The Morgan fingerprint density at radius 3 is 2.58 bits per heavy atom. The minimum atomic E-state index is 0.0598. The van der Waals surface area contributed by atoms with Gasteiger partial charge in [-0.25, -0.2) is 0 Å². The molecule has 5 nitrogen and oxygen atoms in total. The molecule has 2 heterocycles. The Kier molecular flexibility index (Phi) is 4.91. The summed E-state index contributed by atoms with van der Waals surface area (Å²) in [5.74, 6) is 0.778. The number of nitrogens with zero attached hydrogens (tertiary/aromatic N) is 3. The Labute approximate surface area is 152 Å². The molecule has 7 heteroatoms. The molecule has 0 aliphatic carbocycles. The number of benzene rings is 1. The minimum Gasteiger partial charge on any atom is -0.411 e. The quantitative estimate of drug-likeness (QED) is 0.464. The molecule has 0 saturated carbocycles. The number of hydrogen-bond donors (Lipinski definition) is 0. The summed E-state index contributed by atoms with van der Waals surface area (Å²) < 4.78 is 8.62. The molecule has 0 N–H and O–H groups in total. The van der Waals surface area contributed by atoms with Gasteiger partial charge in [0.25, 0.3) is 5.22 Å². The van der Waals surface area contributed by atoms with Crippen LogP contribution >= 0.6 is 27.7 Å². The van der Waals surface area contributed by atoms with E-state index >= 15 is 0 Å². The van der Waals surface area contributed by atoms with Crippen LogP contribution < -0.4 is 0 Å². The first kappa shape index (κ1) is 17.0. The number of rotatable bonds is 5. The predicted molar refractivity (Wildman–Crippen MR) is 97.4 cm³/mol. The molecule has 3 rings (SSSR count). The average molecular weight is 406 g/mol. The number of aryl methyl sites for hydroxylation is 1. The summed E-state index contributed by atoms with van der Waals surface area (Å²) in [5.41, 5.74) is 3.63. The first-order valence-electron chi connectivity index (χ1n) is 7.34. The van der Waals surface area contributed by atoms with Crippen LogP contribution in [0.4, 0.5) is 0 Å². The number of ketones is 1. The molecule has 0 atom stereocenters. The van der Waals surface area contributed by atoms with Crippen molar-refractivity contribution in [3.8, 4) is 11.5 Å². The maximum Gasteiger partial charge on any atom is 0.277 e. The van der Waals surface area contributed by atoms with Crippen LogP contribution in [0, 0.1) is 13.8 Å². The highest BCUT2D eigenvalue weighted by Gasteiger charge is 2.16. The highest BCUT2D eigenvalue weighted by molar-refractivity contribution is 9.10. The van der Waals surface area contributed by atoms with E-state index in [-0.39, 0.29) is 11.5 Å². The number of aromatic nitrogens is 3. The molecule has 1 aromatic carbocycles. The van der Waals surface area contributed by atoms with Crippen molar-refractivity contribution < 1.29 is 9.21 Å². The van der Waals surface area contributed by atoms with E-state index in [4.69, 9.17) is 4.42 Å². The second-order valence-electron chi connectivity index (χ2n) is 5.44. The molecule has 0 amide bonds. The molecule has 0 unspecified atom stereocenters. The first-order chi connectivity index (χ1) is 11.5. The highest BCUT2D eigenvalue weighted by atomic mass is 79.9. The third-order valence-electron chi connectivity index (χ3n) is 3.90. The molecular formula is C17H16BrN3O2S. The van der Waals surface area contributed by atoms with Crippen LogP contribution in [0.2, 0.25) is 0 Å². The Morgan fingerprint density at radius 2 is 1.96 bits per heavy atom. The van der Waals surface area contributed by atoms with E-state index in [9.17, 15) is 4.79 Å². The van der Waals surface area contributed by atoms with Crippen molar-refractivity contribution in [1.29, 1.82) is 0 Å². The van der Waals surface area contributed by atoms with Crippen LogP contribution in [0.25, 0.3) is 11.5 Å². The van der Waals surface area contributed by atoms with E-state index in [0.29, 0.717) is 11.1 Å².